The Bertz CT molecular complexity index is 955. The average molecular weight is 394 g/mol. The molecule has 0 bridgehead atoms. The molecule has 29 heavy (non-hydrogen) atoms. The second-order valence-corrected chi connectivity index (χ2v) is 6.55. The Morgan fingerprint density at radius 2 is 1.97 bits per heavy atom. The lowest BCUT2D eigenvalue weighted by Gasteiger charge is -2.08. The van der Waals surface area contributed by atoms with Gasteiger partial charge in [0.2, 0.25) is 12.7 Å². The second-order valence-electron chi connectivity index (χ2n) is 6.55. The van der Waals surface area contributed by atoms with Crippen LogP contribution in [0.4, 0.5) is 0 Å². The highest BCUT2D eigenvalue weighted by Gasteiger charge is 2.13. The number of fused-ring (bicyclic) bond motifs is 1. The summed E-state index contributed by atoms with van der Waals surface area (Å²) in [6.07, 6.45) is 3.42. The molecule has 0 radical (unpaired) electrons. The zero-order valence-electron chi connectivity index (χ0n) is 15.9. The fraction of sp³-hybridized carbons (Fsp3) is 0.273. The minimum absolute atomic E-state index is 0.0193. The zero-order chi connectivity index (χ0) is 19.9. The van der Waals surface area contributed by atoms with Crippen molar-refractivity contribution >= 4 is 5.91 Å². The largest absolute Gasteiger partial charge is 0.492 e. The van der Waals surface area contributed by atoms with Gasteiger partial charge in [-0.2, -0.15) is 0 Å². The summed E-state index contributed by atoms with van der Waals surface area (Å²) in [5.74, 6) is 3.44. The van der Waals surface area contributed by atoms with Gasteiger partial charge in [-0.05, 0) is 18.6 Å². The fourth-order valence-electron chi connectivity index (χ4n) is 2.98. The van der Waals surface area contributed by atoms with Crippen molar-refractivity contribution in [3.8, 4) is 28.6 Å². The lowest BCUT2D eigenvalue weighted by Crippen LogP contribution is -2.27. The van der Waals surface area contributed by atoms with Crippen LogP contribution in [-0.4, -0.2) is 30.8 Å². The molecule has 1 aliphatic rings. The third kappa shape index (κ3) is 5.07. The first-order valence-electron chi connectivity index (χ1n) is 9.57. The van der Waals surface area contributed by atoms with Crippen LogP contribution in [0.2, 0.25) is 0 Å². The van der Waals surface area contributed by atoms with Crippen molar-refractivity contribution in [3.63, 3.8) is 0 Å². The molecule has 0 spiro atoms. The Morgan fingerprint density at radius 1 is 1.10 bits per heavy atom. The van der Waals surface area contributed by atoms with Gasteiger partial charge in [0.05, 0.1) is 12.7 Å². The van der Waals surface area contributed by atoms with Crippen LogP contribution in [0, 0.1) is 0 Å². The van der Waals surface area contributed by atoms with E-state index in [4.69, 9.17) is 18.6 Å². The highest BCUT2D eigenvalue weighted by atomic mass is 16.7. The van der Waals surface area contributed by atoms with Crippen LogP contribution >= 0.6 is 0 Å². The first kappa shape index (κ1) is 18.9. The Balaban J connectivity index is 1.12. The lowest BCUT2D eigenvalue weighted by atomic mass is 10.2. The zero-order valence-corrected chi connectivity index (χ0v) is 15.9. The van der Waals surface area contributed by atoms with Crippen LogP contribution < -0.4 is 19.5 Å². The molecule has 1 N–H and O–H groups in total. The number of nitrogens with zero attached hydrogens (tertiary/aromatic N) is 1. The molecule has 1 amide bonds. The maximum atomic E-state index is 12.0. The van der Waals surface area contributed by atoms with Crippen molar-refractivity contribution in [2.75, 3.05) is 19.9 Å². The highest BCUT2D eigenvalue weighted by Crippen LogP contribution is 2.35. The van der Waals surface area contributed by atoms with Crippen molar-refractivity contribution in [3.05, 3.63) is 60.6 Å². The predicted octanol–water partition coefficient (Wildman–Crippen LogP) is 3.59. The summed E-state index contributed by atoms with van der Waals surface area (Å²) < 4.78 is 21.9. The third-order valence-electron chi connectivity index (χ3n) is 4.44. The number of rotatable bonds is 9. The van der Waals surface area contributed by atoms with E-state index in [1.807, 2.05) is 42.5 Å². The van der Waals surface area contributed by atoms with Crippen LogP contribution in [0.25, 0.3) is 11.3 Å². The number of aromatic nitrogens is 1. The van der Waals surface area contributed by atoms with E-state index in [0.29, 0.717) is 55.6 Å². The number of amides is 1. The molecule has 1 aromatic heterocycles. The van der Waals surface area contributed by atoms with Crippen molar-refractivity contribution in [2.24, 2.45) is 0 Å². The third-order valence-corrected chi connectivity index (χ3v) is 4.44. The second kappa shape index (κ2) is 9.14. The molecule has 0 fully saturated rings. The Morgan fingerprint density at radius 3 is 2.86 bits per heavy atom. The summed E-state index contributed by atoms with van der Waals surface area (Å²) in [6.45, 7) is 1.05. The van der Waals surface area contributed by atoms with Crippen LogP contribution in [0.5, 0.6) is 17.2 Å². The number of aryl methyl sites for hydroxylation is 1. The minimum Gasteiger partial charge on any atom is -0.492 e. The van der Waals surface area contributed by atoms with E-state index in [1.165, 1.54) is 0 Å². The molecule has 4 rings (SSSR count). The van der Waals surface area contributed by atoms with Gasteiger partial charge in [-0.3, -0.25) is 4.79 Å². The smallest absolute Gasteiger partial charge is 0.231 e. The molecule has 0 unspecified atom stereocenters. The summed E-state index contributed by atoms with van der Waals surface area (Å²) >= 11 is 0. The predicted molar refractivity (Wildman–Crippen MR) is 106 cm³/mol. The number of nitrogens with one attached hydrogen (secondary N) is 1. The van der Waals surface area contributed by atoms with Gasteiger partial charge in [0.1, 0.15) is 12.4 Å². The summed E-state index contributed by atoms with van der Waals surface area (Å²) in [7, 11) is 0. The quantitative estimate of drug-likeness (QED) is 0.559. The van der Waals surface area contributed by atoms with Gasteiger partial charge >= 0.3 is 0 Å². The Kier molecular flexibility index (Phi) is 5.95. The van der Waals surface area contributed by atoms with Crippen molar-refractivity contribution in [1.29, 1.82) is 0 Å². The van der Waals surface area contributed by atoms with E-state index in [1.54, 1.807) is 12.3 Å². The maximum Gasteiger partial charge on any atom is 0.231 e. The van der Waals surface area contributed by atoms with Crippen LogP contribution in [0.1, 0.15) is 18.7 Å². The van der Waals surface area contributed by atoms with E-state index in [-0.39, 0.29) is 12.7 Å². The van der Waals surface area contributed by atoms with Crippen molar-refractivity contribution < 1.29 is 23.4 Å². The van der Waals surface area contributed by atoms with Gasteiger partial charge in [-0.1, -0.05) is 30.3 Å². The molecule has 0 aliphatic carbocycles. The Labute approximate surface area is 168 Å². The first-order valence-corrected chi connectivity index (χ1v) is 9.57. The molecule has 0 saturated carbocycles. The number of benzene rings is 2. The van der Waals surface area contributed by atoms with Gasteiger partial charge in [0.15, 0.2) is 23.1 Å². The summed E-state index contributed by atoms with van der Waals surface area (Å²) in [4.78, 5) is 16.3. The van der Waals surface area contributed by atoms with E-state index in [0.717, 1.165) is 11.3 Å². The van der Waals surface area contributed by atoms with E-state index < -0.39 is 0 Å². The van der Waals surface area contributed by atoms with Gasteiger partial charge in [0.25, 0.3) is 0 Å². The standard InChI is InChI=1S/C22H22N2O5/c25-21(23-11-12-26-17-9-10-18-19(13-17)28-15-27-18)7-4-8-22-24-14-20(29-22)16-5-2-1-3-6-16/h1-3,5-6,9-10,13-14H,4,7-8,11-12,15H2,(H,23,25). The number of hydrogen-bond acceptors (Lipinski definition) is 6. The van der Waals surface area contributed by atoms with Gasteiger partial charge in [0, 0.05) is 24.5 Å². The van der Waals surface area contributed by atoms with Crippen LogP contribution in [0.15, 0.2) is 59.1 Å². The molecule has 7 heteroatoms. The SMILES string of the molecule is O=C(CCCc1ncc(-c2ccccc2)o1)NCCOc1ccc2c(c1)OCO2. The number of carbonyl (C=O) groups is 1. The van der Waals surface area contributed by atoms with Gasteiger partial charge in [-0.25, -0.2) is 4.98 Å². The number of oxazole rings is 1. The Hall–Kier alpha value is -3.48. The van der Waals surface area contributed by atoms with Crippen LogP contribution in [-0.2, 0) is 11.2 Å². The average Bonchev–Trinajstić information content (AvgIpc) is 3.41. The summed E-state index contributed by atoms with van der Waals surface area (Å²) in [6, 6.07) is 15.2. The fourth-order valence-corrected chi connectivity index (χ4v) is 2.98. The van der Waals surface area contributed by atoms with E-state index >= 15 is 0 Å². The molecule has 0 atom stereocenters. The van der Waals surface area contributed by atoms with E-state index in [2.05, 4.69) is 10.3 Å². The molecule has 1 aliphatic heterocycles. The molecule has 7 nitrogen and oxygen atoms in total. The van der Waals surface area contributed by atoms with Gasteiger partial charge in [-0.15, -0.1) is 0 Å². The molecule has 2 aromatic carbocycles. The van der Waals surface area contributed by atoms with Crippen molar-refractivity contribution in [2.45, 2.75) is 19.3 Å². The molecule has 3 aromatic rings. The van der Waals surface area contributed by atoms with Crippen LogP contribution in [0.3, 0.4) is 0 Å². The summed E-state index contributed by atoms with van der Waals surface area (Å²) in [5, 5.41) is 2.85. The molecule has 150 valence electrons. The first-order chi connectivity index (χ1) is 14.3. The normalized spacial score (nSPS) is 12.0. The number of hydrogen-bond donors (Lipinski definition) is 1. The molecule has 0 saturated heterocycles. The highest BCUT2D eigenvalue weighted by molar-refractivity contribution is 5.75. The maximum absolute atomic E-state index is 12.0. The number of carbonyl (C=O) groups excluding carboxylic acids is 1. The monoisotopic (exact) mass is 394 g/mol. The van der Waals surface area contributed by atoms with Crippen molar-refractivity contribution in [1.82, 2.24) is 10.3 Å². The minimum atomic E-state index is -0.0193. The van der Waals surface area contributed by atoms with E-state index in [9.17, 15) is 4.79 Å². The summed E-state index contributed by atoms with van der Waals surface area (Å²) in [5.41, 5.74) is 0.992. The molecule has 2 heterocycles. The van der Waals surface area contributed by atoms with Gasteiger partial charge < -0.3 is 23.9 Å². The lowest BCUT2D eigenvalue weighted by molar-refractivity contribution is -0.121. The molecular formula is C22H22N2O5. The topological polar surface area (TPSA) is 82.8 Å². The number of ether oxygens (including phenoxy) is 3. The molecular weight excluding hydrogens is 372 g/mol.